The number of aliphatic carboxylic acids is 1. The highest BCUT2D eigenvalue weighted by molar-refractivity contribution is 5.73. The van der Waals surface area contributed by atoms with Crippen LogP contribution in [0.1, 0.15) is 0 Å². The fraction of sp³-hybridized carbons (Fsp3) is 0.250. The topological polar surface area (TPSA) is 92.5 Å². The summed E-state index contributed by atoms with van der Waals surface area (Å²) in [6.07, 6.45) is 2.16. The van der Waals surface area contributed by atoms with Gasteiger partial charge in [0.15, 0.2) is 0 Å². The van der Waals surface area contributed by atoms with Gasteiger partial charge in [0.25, 0.3) is 0 Å². The van der Waals surface area contributed by atoms with Gasteiger partial charge in [0, 0.05) is 49.1 Å². The number of benzene rings is 1. The van der Waals surface area contributed by atoms with Crippen LogP contribution in [-0.4, -0.2) is 58.1 Å². The van der Waals surface area contributed by atoms with Gasteiger partial charge in [0.1, 0.15) is 5.82 Å². The summed E-state index contributed by atoms with van der Waals surface area (Å²) in [6.45, 7) is 3.48. The number of ether oxygens (including phenoxy) is 1. The molecule has 31 heavy (non-hydrogen) atoms. The number of nitrogens with one attached hydrogen (secondary N) is 1. The van der Waals surface area contributed by atoms with Crippen LogP contribution in [0, 0.1) is 0 Å². The number of alkyl halides is 3. The Morgan fingerprint density at radius 1 is 1.06 bits per heavy atom. The summed E-state index contributed by atoms with van der Waals surface area (Å²) >= 11 is 0. The molecule has 1 saturated heterocycles. The van der Waals surface area contributed by atoms with Crippen molar-refractivity contribution in [3.8, 4) is 5.69 Å². The number of nitrogens with zero attached hydrogens (tertiary/aromatic N) is 4. The maximum Gasteiger partial charge on any atom is 0.490 e. The van der Waals surface area contributed by atoms with Crippen LogP contribution >= 0.6 is 0 Å². The second-order valence-electron chi connectivity index (χ2n) is 6.44. The molecule has 0 saturated carbocycles. The summed E-state index contributed by atoms with van der Waals surface area (Å²) < 4.78 is 39.1. The summed E-state index contributed by atoms with van der Waals surface area (Å²) in [5.74, 6) is -1.95. The van der Waals surface area contributed by atoms with Crippen LogP contribution in [0.15, 0.2) is 61.3 Å². The fourth-order valence-corrected chi connectivity index (χ4v) is 2.79. The molecule has 1 fully saturated rings. The number of aromatic nitrogens is 3. The van der Waals surface area contributed by atoms with Gasteiger partial charge in [-0.3, -0.25) is 0 Å². The molecule has 4 rings (SSSR count). The minimum atomic E-state index is -5.08. The molecule has 3 heterocycles. The average molecular weight is 435 g/mol. The number of carbonyl (C=O) groups is 1. The molecule has 1 aromatic carbocycles. The lowest BCUT2D eigenvalue weighted by Gasteiger charge is -2.28. The van der Waals surface area contributed by atoms with Crippen LogP contribution in [0.5, 0.6) is 0 Å². The summed E-state index contributed by atoms with van der Waals surface area (Å²) in [6, 6.07) is 12.4. The first-order valence-electron chi connectivity index (χ1n) is 9.27. The van der Waals surface area contributed by atoms with Crippen LogP contribution in [0.3, 0.4) is 0 Å². The molecule has 0 bridgehead atoms. The zero-order chi connectivity index (χ0) is 22.3. The number of carboxylic acid groups (broad SMARTS) is 1. The zero-order valence-electron chi connectivity index (χ0n) is 16.3. The van der Waals surface area contributed by atoms with Crippen molar-refractivity contribution >= 4 is 23.2 Å². The lowest BCUT2D eigenvalue weighted by molar-refractivity contribution is -0.192. The number of halogens is 3. The summed E-state index contributed by atoms with van der Waals surface area (Å²) in [4.78, 5) is 19.7. The SMILES string of the molecule is O=C(O)C(F)(F)F.c1cn(-c2ccnc(Nc3ccc(N4CCOCC4)cc3)c2)cn1. The minimum absolute atomic E-state index is 0.797. The Hall–Kier alpha value is -3.60. The number of morpholine rings is 1. The van der Waals surface area contributed by atoms with Crippen LogP contribution in [0.2, 0.25) is 0 Å². The summed E-state index contributed by atoms with van der Waals surface area (Å²) in [7, 11) is 0. The number of imidazole rings is 1. The van der Waals surface area contributed by atoms with Crippen molar-refractivity contribution in [1.29, 1.82) is 0 Å². The van der Waals surface area contributed by atoms with Crippen molar-refractivity contribution in [2.45, 2.75) is 6.18 Å². The first-order chi connectivity index (χ1) is 14.8. The lowest BCUT2D eigenvalue weighted by atomic mass is 10.2. The molecule has 0 spiro atoms. The van der Waals surface area contributed by atoms with Gasteiger partial charge >= 0.3 is 12.1 Å². The third-order valence-electron chi connectivity index (χ3n) is 4.30. The molecular formula is C20H20F3N5O3. The van der Waals surface area contributed by atoms with Gasteiger partial charge in [-0.2, -0.15) is 13.2 Å². The van der Waals surface area contributed by atoms with Crippen LogP contribution < -0.4 is 10.2 Å². The predicted octanol–water partition coefficient (Wildman–Crippen LogP) is 3.48. The Morgan fingerprint density at radius 2 is 1.74 bits per heavy atom. The van der Waals surface area contributed by atoms with Gasteiger partial charge in [-0.1, -0.05) is 0 Å². The van der Waals surface area contributed by atoms with Crippen LogP contribution in [0.4, 0.5) is 30.4 Å². The van der Waals surface area contributed by atoms with Gasteiger partial charge in [-0.25, -0.2) is 14.8 Å². The summed E-state index contributed by atoms with van der Waals surface area (Å²) in [5, 5.41) is 10.5. The van der Waals surface area contributed by atoms with Crippen molar-refractivity contribution in [2.75, 3.05) is 36.5 Å². The standard InChI is InChI=1S/C18H19N5O.C2HF3O2/c1-3-16(22-9-11-24-12-10-22)4-2-15(1)21-18-13-17(5-6-20-18)23-8-7-19-14-23;3-2(4,5)1(6)7/h1-8,13-14H,9-12H2,(H,20,21);(H,6,7). The molecule has 8 nitrogen and oxygen atoms in total. The third-order valence-corrected chi connectivity index (χ3v) is 4.30. The average Bonchev–Trinajstić information content (AvgIpc) is 3.30. The predicted molar refractivity (Wildman–Crippen MR) is 108 cm³/mol. The molecule has 0 radical (unpaired) electrons. The maximum atomic E-state index is 10.6. The van der Waals surface area contributed by atoms with Crippen molar-refractivity contribution in [1.82, 2.24) is 14.5 Å². The maximum absolute atomic E-state index is 10.6. The van der Waals surface area contributed by atoms with Crippen molar-refractivity contribution in [3.05, 3.63) is 61.3 Å². The van der Waals surface area contributed by atoms with Gasteiger partial charge in [0.05, 0.1) is 25.2 Å². The van der Waals surface area contributed by atoms with Crippen molar-refractivity contribution in [3.63, 3.8) is 0 Å². The van der Waals surface area contributed by atoms with Gasteiger partial charge < -0.3 is 24.6 Å². The molecule has 3 aromatic rings. The number of pyridine rings is 1. The number of hydrogen-bond acceptors (Lipinski definition) is 6. The monoisotopic (exact) mass is 435 g/mol. The number of carboxylic acids is 1. The molecule has 164 valence electrons. The Labute approximate surface area is 175 Å². The van der Waals surface area contributed by atoms with Crippen LogP contribution in [-0.2, 0) is 9.53 Å². The van der Waals surface area contributed by atoms with Crippen molar-refractivity contribution in [2.24, 2.45) is 0 Å². The van der Waals surface area contributed by atoms with Gasteiger partial charge in [0.2, 0.25) is 0 Å². The minimum Gasteiger partial charge on any atom is -0.475 e. The van der Waals surface area contributed by atoms with E-state index < -0.39 is 12.1 Å². The molecule has 0 unspecified atom stereocenters. The molecule has 11 heteroatoms. The fourth-order valence-electron chi connectivity index (χ4n) is 2.79. The van der Waals surface area contributed by atoms with E-state index in [0.29, 0.717) is 0 Å². The number of rotatable bonds is 4. The van der Waals surface area contributed by atoms with Crippen LogP contribution in [0.25, 0.3) is 5.69 Å². The highest BCUT2D eigenvalue weighted by Gasteiger charge is 2.38. The molecule has 0 aliphatic carbocycles. The third kappa shape index (κ3) is 6.44. The Morgan fingerprint density at radius 3 is 2.32 bits per heavy atom. The van der Waals surface area contributed by atoms with E-state index in [4.69, 9.17) is 14.6 Å². The number of hydrogen-bond donors (Lipinski definition) is 2. The lowest BCUT2D eigenvalue weighted by Crippen LogP contribution is -2.36. The van der Waals surface area contributed by atoms with Crippen molar-refractivity contribution < 1.29 is 27.8 Å². The molecule has 0 atom stereocenters. The second kappa shape index (κ2) is 9.94. The largest absolute Gasteiger partial charge is 0.490 e. The Balaban J connectivity index is 0.000000339. The van der Waals surface area contributed by atoms with E-state index in [0.717, 1.165) is 43.5 Å². The van der Waals surface area contributed by atoms with E-state index in [1.165, 1.54) is 5.69 Å². The van der Waals surface area contributed by atoms with E-state index in [1.54, 1.807) is 18.7 Å². The normalized spacial score (nSPS) is 13.8. The highest BCUT2D eigenvalue weighted by atomic mass is 19.4. The number of anilines is 3. The molecular weight excluding hydrogens is 415 g/mol. The van der Waals surface area contributed by atoms with E-state index in [2.05, 4.69) is 44.5 Å². The molecule has 1 aliphatic rings. The van der Waals surface area contributed by atoms with Gasteiger partial charge in [-0.05, 0) is 30.3 Å². The zero-order valence-corrected chi connectivity index (χ0v) is 16.3. The molecule has 2 aromatic heterocycles. The smallest absolute Gasteiger partial charge is 0.475 e. The Kier molecular flexibility index (Phi) is 7.08. The second-order valence-corrected chi connectivity index (χ2v) is 6.44. The first-order valence-corrected chi connectivity index (χ1v) is 9.27. The molecule has 0 amide bonds. The first kappa shape index (κ1) is 22.1. The van der Waals surface area contributed by atoms with Gasteiger partial charge in [-0.15, -0.1) is 0 Å². The van der Waals surface area contributed by atoms with E-state index >= 15 is 0 Å². The molecule has 1 aliphatic heterocycles. The van der Waals surface area contributed by atoms with E-state index in [-0.39, 0.29) is 0 Å². The van der Waals surface area contributed by atoms with E-state index in [9.17, 15) is 13.2 Å². The van der Waals surface area contributed by atoms with E-state index in [1.807, 2.05) is 22.9 Å². The highest BCUT2D eigenvalue weighted by Crippen LogP contribution is 2.22. The summed E-state index contributed by atoms with van der Waals surface area (Å²) in [5.41, 5.74) is 3.27. The Bertz CT molecular complexity index is 972. The molecule has 2 N–H and O–H groups in total. The quantitative estimate of drug-likeness (QED) is 0.648.